The molecule has 0 bridgehead atoms. The first-order chi connectivity index (χ1) is 15.5. The molecule has 2 aliphatic heterocycles. The average molecular weight is 449 g/mol. The second-order valence-corrected chi connectivity index (χ2v) is 8.25. The van der Waals surface area contributed by atoms with Gasteiger partial charge in [-0.2, -0.15) is 0 Å². The van der Waals surface area contributed by atoms with Crippen molar-refractivity contribution in [3.63, 3.8) is 0 Å². The number of carbonyl (C=O) groups is 1. The Morgan fingerprint density at radius 1 is 1.09 bits per heavy atom. The normalized spacial score (nSPS) is 15.7. The minimum Gasteiger partial charge on any atom is -0.488 e. The van der Waals surface area contributed by atoms with Crippen LogP contribution in [0.3, 0.4) is 0 Å². The predicted octanol–water partition coefficient (Wildman–Crippen LogP) is 6.02. The molecule has 0 N–H and O–H groups in total. The number of carbonyl (C=O) groups excluding carboxylic acids is 1. The second kappa shape index (κ2) is 8.34. The summed E-state index contributed by atoms with van der Waals surface area (Å²) in [7, 11) is 0. The zero-order valence-electron chi connectivity index (χ0n) is 17.7. The topological polar surface area (TPSA) is 54.0 Å². The molecule has 2 aliphatic rings. The number of allylic oxidation sites excluding steroid dienone is 1. The first kappa shape index (κ1) is 20.6. The lowest BCUT2D eigenvalue weighted by atomic mass is 10.0. The van der Waals surface area contributed by atoms with Crippen LogP contribution in [0.2, 0.25) is 5.02 Å². The van der Waals surface area contributed by atoms with Crippen LogP contribution in [0, 0.1) is 13.8 Å². The summed E-state index contributed by atoms with van der Waals surface area (Å²) in [4.78, 5) is 12.9. The van der Waals surface area contributed by atoms with Crippen LogP contribution in [0.4, 0.5) is 0 Å². The van der Waals surface area contributed by atoms with Crippen molar-refractivity contribution in [2.24, 2.45) is 0 Å². The number of ether oxygens (including phenoxy) is 4. The number of hydrogen-bond donors (Lipinski definition) is 0. The van der Waals surface area contributed by atoms with Crippen molar-refractivity contribution < 1.29 is 23.7 Å². The molecular formula is C26H21ClO5. The first-order valence-corrected chi connectivity index (χ1v) is 10.7. The molecule has 0 saturated heterocycles. The molecule has 5 rings (SSSR count). The molecule has 0 spiro atoms. The monoisotopic (exact) mass is 448 g/mol. The van der Waals surface area contributed by atoms with Gasteiger partial charge in [-0.1, -0.05) is 35.9 Å². The van der Waals surface area contributed by atoms with Crippen LogP contribution >= 0.6 is 11.6 Å². The second-order valence-electron chi connectivity index (χ2n) is 7.81. The maximum atomic E-state index is 12.9. The Morgan fingerprint density at radius 3 is 2.78 bits per heavy atom. The SMILES string of the molecule is Cc1ccccc1/C=C1\Oc2c(ccc(OCc3cc(Cl)cc4c3OCOC4)c2C)C1=O. The van der Waals surface area contributed by atoms with E-state index in [4.69, 9.17) is 30.5 Å². The van der Waals surface area contributed by atoms with E-state index in [2.05, 4.69) is 0 Å². The number of halogens is 1. The van der Waals surface area contributed by atoms with E-state index >= 15 is 0 Å². The van der Waals surface area contributed by atoms with Gasteiger partial charge in [-0.25, -0.2) is 0 Å². The molecule has 162 valence electrons. The Bertz CT molecular complexity index is 1260. The Labute approximate surface area is 191 Å². The number of hydrogen-bond acceptors (Lipinski definition) is 5. The largest absolute Gasteiger partial charge is 0.488 e. The van der Waals surface area contributed by atoms with Crippen LogP contribution in [0.5, 0.6) is 17.2 Å². The zero-order valence-corrected chi connectivity index (χ0v) is 18.5. The molecule has 0 aliphatic carbocycles. The highest BCUT2D eigenvalue weighted by Gasteiger charge is 2.30. The summed E-state index contributed by atoms with van der Waals surface area (Å²) in [5.74, 6) is 2.09. The summed E-state index contributed by atoms with van der Waals surface area (Å²) in [5.41, 5.74) is 5.07. The predicted molar refractivity (Wildman–Crippen MR) is 121 cm³/mol. The maximum absolute atomic E-state index is 12.9. The number of Topliss-reactive ketones (excluding diaryl/α,β-unsaturated/α-hetero) is 1. The van der Waals surface area contributed by atoms with Crippen LogP contribution in [-0.2, 0) is 18.0 Å². The molecule has 2 heterocycles. The molecule has 32 heavy (non-hydrogen) atoms. The molecule has 5 nitrogen and oxygen atoms in total. The smallest absolute Gasteiger partial charge is 0.231 e. The molecule has 6 heteroatoms. The summed E-state index contributed by atoms with van der Waals surface area (Å²) in [6.07, 6.45) is 1.79. The van der Waals surface area contributed by atoms with Crippen LogP contribution < -0.4 is 14.2 Å². The van der Waals surface area contributed by atoms with E-state index in [0.29, 0.717) is 34.5 Å². The third-order valence-electron chi connectivity index (χ3n) is 5.65. The molecule has 0 amide bonds. The quantitative estimate of drug-likeness (QED) is 0.457. The van der Waals surface area contributed by atoms with Crippen molar-refractivity contribution in [2.75, 3.05) is 6.79 Å². The van der Waals surface area contributed by atoms with Gasteiger partial charge in [0.25, 0.3) is 0 Å². The minimum atomic E-state index is -0.129. The Hall–Kier alpha value is -3.28. The lowest BCUT2D eigenvalue weighted by molar-refractivity contribution is -0.0175. The van der Waals surface area contributed by atoms with Gasteiger partial charge in [-0.3, -0.25) is 4.79 Å². The van der Waals surface area contributed by atoms with Crippen molar-refractivity contribution in [1.82, 2.24) is 0 Å². The number of ketones is 1. The molecule has 0 radical (unpaired) electrons. The Balaban J connectivity index is 1.40. The van der Waals surface area contributed by atoms with Crippen LogP contribution in [-0.4, -0.2) is 12.6 Å². The molecular weight excluding hydrogens is 428 g/mol. The van der Waals surface area contributed by atoms with Gasteiger partial charge >= 0.3 is 0 Å². The summed E-state index contributed by atoms with van der Waals surface area (Å²) in [5, 5.41) is 0.599. The van der Waals surface area contributed by atoms with Crippen molar-refractivity contribution in [1.29, 1.82) is 0 Å². The average Bonchev–Trinajstić information content (AvgIpc) is 3.11. The lowest BCUT2D eigenvalue weighted by Gasteiger charge is -2.21. The minimum absolute atomic E-state index is 0.129. The fraction of sp³-hybridized carbons (Fsp3) is 0.192. The van der Waals surface area contributed by atoms with Gasteiger partial charge in [0.15, 0.2) is 12.6 Å². The third kappa shape index (κ3) is 3.74. The molecule has 3 aromatic carbocycles. The molecule has 3 aromatic rings. The first-order valence-electron chi connectivity index (χ1n) is 10.3. The highest BCUT2D eigenvalue weighted by Crippen LogP contribution is 2.40. The fourth-order valence-electron chi connectivity index (χ4n) is 3.93. The highest BCUT2D eigenvalue weighted by molar-refractivity contribution is 6.30. The van der Waals surface area contributed by atoms with E-state index in [-0.39, 0.29) is 19.2 Å². The van der Waals surface area contributed by atoms with E-state index in [1.807, 2.05) is 50.2 Å². The van der Waals surface area contributed by atoms with Gasteiger partial charge in [0.2, 0.25) is 5.78 Å². The van der Waals surface area contributed by atoms with Crippen molar-refractivity contribution in [2.45, 2.75) is 27.1 Å². The van der Waals surface area contributed by atoms with E-state index in [1.165, 1.54) is 0 Å². The van der Waals surface area contributed by atoms with Crippen molar-refractivity contribution in [3.8, 4) is 17.2 Å². The number of rotatable bonds is 4. The van der Waals surface area contributed by atoms with Gasteiger partial charge < -0.3 is 18.9 Å². The summed E-state index contributed by atoms with van der Waals surface area (Å²) in [6.45, 7) is 4.80. The van der Waals surface area contributed by atoms with Gasteiger partial charge in [-0.15, -0.1) is 0 Å². The molecule has 0 fully saturated rings. The maximum Gasteiger partial charge on any atom is 0.231 e. The van der Waals surface area contributed by atoms with E-state index in [9.17, 15) is 4.79 Å². The fourth-order valence-corrected chi connectivity index (χ4v) is 4.20. The summed E-state index contributed by atoms with van der Waals surface area (Å²) < 4.78 is 23.1. The molecule has 0 atom stereocenters. The van der Waals surface area contributed by atoms with Crippen LogP contribution in [0.15, 0.2) is 54.3 Å². The number of aryl methyl sites for hydroxylation is 1. The van der Waals surface area contributed by atoms with Crippen molar-refractivity contribution >= 4 is 23.5 Å². The standard InChI is InChI=1S/C26H21ClO5/c1-15-5-3-4-6-17(15)11-23-24(28)21-7-8-22(16(2)25(21)32-23)30-13-19-10-20(27)9-18-12-29-14-31-26(18)19/h3-11H,12-14H2,1-2H3/b23-11-. The van der Waals surface area contributed by atoms with Gasteiger partial charge in [0.1, 0.15) is 23.9 Å². The number of benzene rings is 3. The Morgan fingerprint density at radius 2 is 1.94 bits per heavy atom. The van der Waals surface area contributed by atoms with Gasteiger partial charge in [0, 0.05) is 21.7 Å². The third-order valence-corrected chi connectivity index (χ3v) is 5.86. The highest BCUT2D eigenvalue weighted by atomic mass is 35.5. The Kier molecular flexibility index (Phi) is 5.37. The van der Waals surface area contributed by atoms with E-state index < -0.39 is 0 Å². The number of fused-ring (bicyclic) bond motifs is 2. The summed E-state index contributed by atoms with van der Waals surface area (Å²) >= 11 is 6.25. The molecule has 0 saturated carbocycles. The summed E-state index contributed by atoms with van der Waals surface area (Å²) in [6, 6.07) is 15.1. The zero-order chi connectivity index (χ0) is 22.2. The van der Waals surface area contributed by atoms with E-state index in [1.54, 1.807) is 18.2 Å². The molecule has 0 unspecified atom stereocenters. The lowest BCUT2D eigenvalue weighted by Crippen LogP contribution is -2.14. The van der Waals surface area contributed by atoms with Gasteiger partial charge in [0.05, 0.1) is 12.2 Å². The van der Waals surface area contributed by atoms with Gasteiger partial charge in [-0.05, 0) is 55.3 Å². The molecule has 0 aromatic heterocycles. The van der Waals surface area contributed by atoms with E-state index in [0.717, 1.165) is 33.6 Å². The van der Waals surface area contributed by atoms with Crippen molar-refractivity contribution in [3.05, 3.63) is 92.7 Å². The van der Waals surface area contributed by atoms with Crippen LogP contribution in [0.1, 0.15) is 38.2 Å². The van der Waals surface area contributed by atoms with Crippen LogP contribution in [0.25, 0.3) is 6.08 Å².